The number of carbonyl (C=O) groups is 3. The van der Waals surface area contributed by atoms with E-state index >= 15 is 0 Å². The number of rotatable bonds is 5. The highest BCUT2D eigenvalue weighted by Gasteiger charge is 2.23. The van der Waals surface area contributed by atoms with Gasteiger partial charge in [-0.25, -0.2) is 4.79 Å². The third-order valence-electron chi connectivity index (χ3n) is 3.72. The molecule has 29 heavy (non-hydrogen) atoms. The number of halogens is 2. The van der Waals surface area contributed by atoms with Crippen LogP contribution < -0.4 is 10.6 Å². The van der Waals surface area contributed by atoms with E-state index in [9.17, 15) is 14.4 Å². The van der Waals surface area contributed by atoms with E-state index in [1.807, 2.05) is 0 Å². The number of hydrogen-bond donors (Lipinski definition) is 2. The molecule has 2 N–H and O–H groups in total. The Labute approximate surface area is 183 Å². The summed E-state index contributed by atoms with van der Waals surface area (Å²) in [7, 11) is 0. The van der Waals surface area contributed by atoms with Crippen molar-refractivity contribution in [3.8, 4) is 0 Å². The first kappa shape index (κ1) is 22.9. The van der Waals surface area contributed by atoms with Crippen LogP contribution in [0.5, 0.6) is 0 Å². The fourth-order valence-electron chi connectivity index (χ4n) is 2.36. The Hall–Kier alpha value is -2.38. The lowest BCUT2D eigenvalue weighted by Gasteiger charge is -2.22. The van der Waals surface area contributed by atoms with Gasteiger partial charge in [0.05, 0.1) is 5.69 Å². The van der Waals surface area contributed by atoms with Gasteiger partial charge in [-0.3, -0.25) is 9.59 Å². The number of carbonyl (C=O) groups excluding carboxylic acids is 3. The molecule has 0 spiro atoms. The minimum atomic E-state index is -0.869. The SMILES string of the molecule is CC(NC(=O)OC(C)(C)C)C(=O)Nc1ccc(Br)cc1C(=O)c1ccc(Cl)cc1. The molecule has 0 heterocycles. The van der Waals surface area contributed by atoms with Crippen molar-refractivity contribution in [2.45, 2.75) is 39.3 Å². The van der Waals surface area contributed by atoms with Crippen LogP contribution in [0.1, 0.15) is 43.6 Å². The summed E-state index contributed by atoms with van der Waals surface area (Å²) in [5.41, 5.74) is 0.392. The standard InChI is InChI=1S/C21H22BrClN2O4/c1-12(24-20(28)29-21(2,3)4)19(27)25-17-10-7-14(22)11-16(17)18(26)13-5-8-15(23)9-6-13/h5-12H,1-4H3,(H,24,28)(H,25,27). The predicted molar refractivity (Wildman–Crippen MR) is 116 cm³/mol. The molecule has 0 aromatic heterocycles. The Kier molecular flexibility index (Phi) is 7.43. The number of alkyl carbamates (subject to hydrolysis) is 1. The third kappa shape index (κ3) is 6.87. The summed E-state index contributed by atoms with van der Waals surface area (Å²) in [4.78, 5) is 37.3. The molecule has 8 heteroatoms. The molecule has 2 rings (SSSR count). The number of ketones is 1. The Bertz CT molecular complexity index is 923. The Morgan fingerprint density at radius 1 is 1.07 bits per heavy atom. The van der Waals surface area contributed by atoms with Gasteiger partial charge < -0.3 is 15.4 Å². The van der Waals surface area contributed by atoms with Gasteiger partial charge in [0.2, 0.25) is 5.91 Å². The second kappa shape index (κ2) is 9.41. The van der Waals surface area contributed by atoms with Gasteiger partial charge in [-0.1, -0.05) is 27.5 Å². The van der Waals surface area contributed by atoms with E-state index in [-0.39, 0.29) is 5.78 Å². The lowest BCUT2D eigenvalue weighted by molar-refractivity contribution is -0.117. The summed E-state index contributed by atoms with van der Waals surface area (Å²) in [5.74, 6) is -0.755. The molecule has 0 saturated heterocycles. The molecule has 0 aliphatic heterocycles. The molecule has 1 unspecified atom stereocenters. The molecule has 0 bridgehead atoms. The number of hydrogen-bond acceptors (Lipinski definition) is 4. The van der Waals surface area contributed by atoms with Gasteiger partial charge in [0, 0.05) is 20.6 Å². The van der Waals surface area contributed by atoms with E-state index in [4.69, 9.17) is 16.3 Å². The zero-order valence-electron chi connectivity index (χ0n) is 16.5. The topological polar surface area (TPSA) is 84.5 Å². The highest BCUT2D eigenvalue weighted by atomic mass is 79.9. The summed E-state index contributed by atoms with van der Waals surface area (Å²) in [6.45, 7) is 6.72. The zero-order valence-corrected chi connectivity index (χ0v) is 18.8. The minimum Gasteiger partial charge on any atom is -0.444 e. The van der Waals surface area contributed by atoms with Crippen LogP contribution >= 0.6 is 27.5 Å². The second-order valence-corrected chi connectivity index (χ2v) is 8.74. The van der Waals surface area contributed by atoms with Gasteiger partial charge >= 0.3 is 6.09 Å². The molecular formula is C21H22BrClN2O4. The fraction of sp³-hybridized carbons (Fsp3) is 0.286. The van der Waals surface area contributed by atoms with Crippen molar-refractivity contribution in [2.24, 2.45) is 0 Å². The van der Waals surface area contributed by atoms with Crippen molar-refractivity contribution in [1.82, 2.24) is 5.32 Å². The maximum atomic E-state index is 12.9. The van der Waals surface area contributed by atoms with Crippen molar-refractivity contribution in [3.05, 3.63) is 63.1 Å². The van der Waals surface area contributed by atoms with Crippen molar-refractivity contribution < 1.29 is 19.1 Å². The first-order valence-electron chi connectivity index (χ1n) is 8.86. The normalized spacial score (nSPS) is 12.1. The van der Waals surface area contributed by atoms with Crippen molar-refractivity contribution in [1.29, 1.82) is 0 Å². The largest absolute Gasteiger partial charge is 0.444 e. The summed E-state index contributed by atoms with van der Waals surface area (Å²) >= 11 is 9.23. The molecule has 2 aromatic rings. The molecule has 0 aliphatic carbocycles. The van der Waals surface area contributed by atoms with Gasteiger partial charge in [0.1, 0.15) is 11.6 Å². The molecule has 2 aromatic carbocycles. The summed E-state index contributed by atoms with van der Waals surface area (Å²) in [6, 6.07) is 10.6. The number of anilines is 1. The molecular weight excluding hydrogens is 460 g/mol. The Balaban J connectivity index is 2.18. The highest BCUT2D eigenvalue weighted by molar-refractivity contribution is 9.10. The molecule has 0 fully saturated rings. The van der Waals surface area contributed by atoms with Gasteiger partial charge in [-0.05, 0) is 70.2 Å². The lowest BCUT2D eigenvalue weighted by atomic mass is 10.0. The van der Waals surface area contributed by atoms with E-state index in [1.54, 1.807) is 63.2 Å². The average Bonchev–Trinajstić information content (AvgIpc) is 2.61. The van der Waals surface area contributed by atoms with Gasteiger partial charge in [-0.15, -0.1) is 0 Å². The van der Waals surface area contributed by atoms with Crippen molar-refractivity contribution >= 4 is 51.0 Å². The van der Waals surface area contributed by atoms with Gasteiger partial charge in [0.25, 0.3) is 0 Å². The maximum absolute atomic E-state index is 12.9. The highest BCUT2D eigenvalue weighted by Crippen LogP contribution is 2.25. The van der Waals surface area contributed by atoms with Crippen molar-refractivity contribution in [3.63, 3.8) is 0 Å². The van der Waals surface area contributed by atoms with Crippen LogP contribution in [0.15, 0.2) is 46.9 Å². The molecule has 6 nitrogen and oxygen atoms in total. The molecule has 1 atom stereocenters. The van der Waals surface area contributed by atoms with Crippen molar-refractivity contribution in [2.75, 3.05) is 5.32 Å². The number of nitrogens with one attached hydrogen (secondary N) is 2. The summed E-state index contributed by atoms with van der Waals surface area (Å²) in [5, 5.41) is 5.68. The van der Waals surface area contributed by atoms with Crippen LogP contribution in [0.2, 0.25) is 5.02 Å². The third-order valence-corrected chi connectivity index (χ3v) is 4.46. The van der Waals surface area contributed by atoms with Gasteiger partial charge in [-0.2, -0.15) is 0 Å². The van der Waals surface area contributed by atoms with Crippen LogP contribution in [-0.4, -0.2) is 29.4 Å². The monoisotopic (exact) mass is 480 g/mol. The Morgan fingerprint density at radius 3 is 2.28 bits per heavy atom. The first-order valence-corrected chi connectivity index (χ1v) is 10.0. The van der Waals surface area contributed by atoms with E-state index < -0.39 is 23.6 Å². The lowest BCUT2D eigenvalue weighted by Crippen LogP contribution is -2.44. The molecule has 154 valence electrons. The second-order valence-electron chi connectivity index (χ2n) is 7.38. The summed E-state index contributed by atoms with van der Waals surface area (Å²) < 4.78 is 5.84. The molecule has 0 saturated carbocycles. The number of benzene rings is 2. The summed E-state index contributed by atoms with van der Waals surface area (Å²) in [6.07, 6.45) is -0.701. The van der Waals surface area contributed by atoms with E-state index in [1.165, 1.54) is 6.92 Å². The number of amides is 2. The molecule has 0 radical (unpaired) electrons. The van der Waals surface area contributed by atoms with Crippen LogP contribution in [0.4, 0.5) is 10.5 Å². The Morgan fingerprint density at radius 2 is 1.69 bits per heavy atom. The zero-order chi connectivity index (χ0) is 21.8. The van der Waals surface area contributed by atoms with Crippen LogP contribution in [0.3, 0.4) is 0 Å². The predicted octanol–water partition coefficient (Wildman–Crippen LogP) is 5.19. The minimum absolute atomic E-state index is 0.272. The van der Waals surface area contributed by atoms with E-state index in [2.05, 4.69) is 26.6 Å². The average molecular weight is 482 g/mol. The maximum Gasteiger partial charge on any atom is 0.408 e. The molecule has 0 aliphatic rings. The van der Waals surface area contributed by atoms with E-state index in [0.29, 0.717) is 26.3 Å². The van der Waals surface area contributed by atoms with Crippen LogP contribution in [0.25, 0.3) is 0 Å². The van der Waals surface area contributed by atoms with Crippen LogP contribution in [-0.2, 0) is 9.53 Å². The van der Waals surface area contributed by atoms with E-state index in [0.717, 1.165) is 0 Å². The van der Waals surface area contributed by atoms with Gasteiger partial charge in [0.15, 0.2) is 5.78 Å². The quantitative estimate of drug-likeness (QED) is 0.576. The molecule has 2 amide bonds. The smallest absolute Gasteiger partial charge is 0.408 e. The van der Waals surface area contributed by atoms with Crippen LogP contribution in [0, 0.1) is 0 Å². The number of ether oxygens (including phenoxy) is 1. The fourth-order valence-corrected chi connectivity index (χ4v) is 2.85. The first-order chi connectivity index (χ1) is 13.5.